The van der Waals surface area contributed by atoms with E-state index in [1.165, 1.54) is 0 Å². The first kappa shape index (κ1) is 20.2. The second-order valence-electron chi connectivity index (χ2n) is 7.44. The summed E-state index contributed by atoms with van der Waals surface area (Å²) in [6.07, 6.45) is 0.337. The van der Waals surface area contributed by atoms with Gasteiger partial charge in [0, 0.05) is 32.1 Å². The summed E-state index contributed by atoms with van der Waals surface area (Å²) in [7, 11) is 3.84. The van der Waals surface area contributed by atoms with Crippen LogP contribution in [-0.2, 0) is 14.3 Å². The Labute approximate surface area is 143 Å². The fourth-order valence-corrected chi connectivity index (χ4v) is 2.57. The lowest BCUT2D eigenvalue weighted by Crippen LogP contribution is -2.54. The van der Waals surface area contributed by atoms with Crippen LogP contribution < -0.4 is 11.1 Å². The van der Waals surface area contributed by atoms with Crippen molar-refractivity contribution in [3.63, 3.8) is 0 Å². The van der Waals surface area contributed by atoms with E-state index in [9.17, 15) is 14.4 Å². The normalized spacial score (nSPS) is 21.5. The van der Waals surface area contributed by atoms with E-state index in [2.05, 4.69) is 5.32 Å². The third kappa shape index (κ3) is 6.74. The number of amides is 3. The molecule has 0 aromatic carbocycles. The van der Waals surface area contributed by atoms with E-state index in [1.54, 1.807) is 4.90 Å². The predicted octanol–water partition coefficient (Wildman–Crippen LogP) is 0.165. The Balaban J connectivity index is 2.72. The maximum Gasteiger partial charge on any atom is 0.410 e. The summed E-state index contributed by atoms with van der Waals surface area (Å²) in [5, 5.41) is 2.71. The summed E-state index contributed by atoms with van der Waals surface area (Å²) >= 11 is 0. The smallest absolute Gasteiger partial charge is 0.410 e. The van der Waals surface area contributed by atoms with E-state index in [4.69, 9.17) is 10.5 Å². The number of carbonyl (C=O) groups is 3. The fraction of sp³-hybridized carbons (Fsp3) is 0.812. The van der Waals surface area contributed by atoms with E-state index in [1.807, 2.05) is 39.8 Å². The van der Waals surface area contributed by atoms with Crippen LogP contribution in [0.3, 0.4) is 0 Å². The molecule has 2 unspecified atom stereocenters. The van der Waals surface area contributed by atoms with Crippen molar-refractivity contribution in [2.24, 2.45) is 11.7 Å². The third-order valence-corrected chi connectivity index (χ3v) is 3.85. The quantitative estimate of drug-likeness (QED) is 0.741. The highest BCUT2D eigenvalue weighted by Gasteiger charge is 2.36. The number of nitrogens with zero attached hydrogens (tertiary/aromatic N) is 2. The molecule has 3 amide bonds. The molecule has 0 saturated carbocycles. The average Bonchev–Trinajstić information content (AvgIpc) is 2.44. The summed E-state index contributed by atoms with van der Waals surface area (Å²) < 4.78 is 5.42. The van der Waals surface area contributed by atoms with Crippen LogP contribution in [0.25, 0.3) is 0 Å². The van der Waals surface area contributed by atoms with Crippen molar-refractivity contribution in [2.45, 2.75) is 45.3 Å². The van der Waals surface area contributed by atoms with Gasteiger partial charge in [-0.3, -0.25) is 9.59 Å². The van der Waals surface area contributed by atoms with Gasteiger partial charge < -0.3 is 25.6 Å². The molecule has 1 rings (SSSR count). The van der Waals surface area contributed by atoms with Gasteiger partial charge in [0.15, 0.2) is 0 Å². The summed E-state index contributed by atoms with van der Waals surface area (Å²) in [6, 6.07) is 0.0677. The minimum atomic E-state index is -0.582. The first-order valence-electron chi connectivity index (χ1n) is 8.20. The van der Waals surface area contributed by atoms with Crippen molar-refractivity contribution < 1.29 is 19.1 Å². The SMILES string of the molecule is CN(C)C1CC(C(=O)NCCC(N)=O)CN(C(=O)OC(C)(C)C)C1. The number of carbonyl (C=O) groups excluding carboxylic acids is 3. The third-order valence-electron chi connectivity index (χ3n) is 3.85. The summed E-state index contributed by atoms with van der Waals surface area (Å²) in [5.74, 6) is -0.969. The zero-order chi connectivity index (χ0) is 18.5. The Bertz CT molecular complexity index is 473. The Morgan fingerprint density at radius 3 is 2.38 bits per heavy atom. The van der Waals surface area contributed by atoms with E-state index in [0.717, 1.165) is 0 Å². The summed E-state index contributed by atoms with van der Waals surface area (Å²) in [6.45, 7) is 6.48. The Hall–Kier alpha value is -1.83. The molecule has 0 bridgehead atoms. The van der Waals surface area contributed by atoms with Crippen LogP contribution in [-0.4, -0.2) is 73.1 Å². The molecule has 0 spiro atoms. The highest BCUT2D eigenvalue weighted by atomic mass is 16.6. The molecule has 0 aromatic heterocycles. The van der Waals surface area contributed by atoms with Gasteiger partial charge in [-0.15, -0.1) is 0 Å². The van der Waals surface area contributed by atoms with Crippen LogP contribution in [0.1, 0.15) is 33.6 Å². The second-order valence-corrected chi connectivity index (χ2v) is 7.44. The van der Waals surface area contributed by atoms with Gasteiger partial charge in [0.05, 0.1) is 5.92 Å². The fourth-order valence-electron chi connectivity index (χ4n) is 2.57. The Morgan fingerprint density at radius 2 is 1.88 bits per heavy atom. The molecule has 1 saturated heterocycles. The number of primary amides is 1. The van der Waals surface area contributed by atoms with Gasteiger partial charge in [0.2, 0.25) is 11.8 Å². The molecule has 0 radical (unpaired) electrons. The van der Waals surface area contributed by atoms with Crippen molar-refractivity contribution in [1.82, 2.24) is 15.1 Å². The van der Waals surface area contributed by atoms with Gasteiger partial charge in [0.1, 0.15) is 5.60 Å². The minimum absolute atomic E-state index is 0.0677. The number of ether oxygens (including phenoxy) is 1. The lowest BCUT2D eigenvalue weighted by Gasteiger charge is -2.40. The number of nitrogens with one attached hydrogen (secondary N) is 1. The largest absolute Gasteiger partial charge is 0.444 e. The number of hydrogen-bond acceptors (Lipinski definition) is 5. The number of likely N-dealkylation sites (N-methyl/N-ethyl adjacent to an activating group) is 1. The molecule has 1 aliphatic rings. The Kier molecular flexibility index (Phi) is 7.01. The topological polar surface area (TPSA) is 105 Å². The van der Waals surface area contributed by atoms with Crippen LogP contribution in [0.5, 0.6) is 0 Å². The standard InChI is InChI=1S/C16H30N4O4/c1-16(2,3)24-15(23)20-9-11(8-12(10-20)19(4)5)14(22)18-7-6-13(17)21/h11-12H,6-10H2,1-5H3,(H2,17,21)(H,18,22). The highest BCUT2D eigenvalue weighted by molar-refractivity contribution is 5.81. The van der Waals surface area contributed by atoms with E-state index >= 15 is 0 Å². The van der Waals surface area contributed by atoms with Gasteiger partial charge in [0.25, 0.3) is 0 Å². The molecule has 1 aliphatic heterocycles. The van der Waals surface area contributed by atoms with Gasteiger partial charge in [-0.05, 0) is 41.3 Å². The number of likely N-dealkylation sites (tertiary alicyclic amines) is 1. The molecule has 0 aliphatic carbocycles. The lowest BCUT2D eigenvalue weighted by molar-refractivity contribution is -0.127. The molecule has 2 atom stereocenters. The van der Waals surface area contributed by atoms with E-state index in [0.29, 0.717) is 19.5 Å². The molecule has 1 heterocycles. The number of piperidine rings is 1. The minimum Gasteiger partial charge on any atom is -0.444 e. The molecule has 8 nitrogen and oxygen atoms in total. The molecule has 3 N–H and O–H groups in total. The number of nitrogens with two attached hydrogens (primary N) is 1. The van der Waals surface area contributed by atoms with Crippen molar-refractivity contribution in [3.8, 4) is 0 Å². The monoisotopic (exact) mass is 342 g/mol. The van der Waals surface area contributed by atoms with Gasteiger partial charge >= 0.3 is 6.09 Å². The lowest BCUT2D eigenvalue weighted by atomic mass is 9.93. The molecule has 8 heteroatoms. The Morgan fingerprint density at radius 1 is 1.25 bits per heavy atom. The van der Waals surface area contributed by atoms with Crippen LogP contribution in [0.4, 0.5) is 4.79 Å². The summed E-state index contributed by atoms with van der Waals surface area (Å²) in [5.41, 5.74) is 4.49. The molecular formula is C16H30N4O4. The van der Waals surface area contributed by atoms with Gasteiger partial charge in [-0.2, -0.15) is 0 Å². The van der Waals surface area contributed by atoms with Gasteiger partial charge in [-0.1, -0.05) is 0 Å². The maximum atomic E-state index is 12.3. The van der Waals surface area contributed by atoms with Crippen LogP contribution in [0.2, 0.25) is 0 Å². The molecular weight excluding hydrogens is 312 g/mol. The number of rotatable bonds is 5. The first-order chi connectivity index (χ1) is 11.0. The molecule has 24 heavy (non-hydrogen) atoms. The summed E-state index contributed by atoms with van der Waals surface area (Å²) in [4.78, 5) is 39.0. The maximum absolute atomic E-state index is 12.3. The second kappa shape index (κ2) is 8.32. The van der Waals surface area contributed by atoms with Gasteiger partial charge in [-0.25, -0.2) is 4.79 Å². The zero-order valence-corrected chi connectivity index (χ0v) is 15.3. The van der Waals surface area contributed by atoms with E-state index < -0.39 is 17.6 Å². The predicted molar refractivity (Wildman–Crippen MR) is 90.2 cm³/mol. The van der Waals surface area contributed by atoms with Crippen LogP contribution in [0, 0.1) is 5.92 Å². The highest BCUT2D eigenvalue weighted by Crippen LogP contribution is 2.22. The van der Waals surface area contributed by atoms with E-state index in [-0.39, 0.29) is 30.8 Å². The zero-order valence-electron chi connectivity index (χ0n) is 15.3. The average molecular weight is 342 g/mol. The number of hydrogen-bond donors (Lipinski definition) is 2. The molecule has 1 fully saturated rings. The van der Waals surface area contributed by atoms with Crippen molar-refractivity contribution in [3.05, 3.63) is 0 Å². The van der Waals surface area contributed by atoms with Crippen molar-refractivity contribution in [1.29, 1.82) is 0 Å². The van der Waals surface area contributed by atoms with Crippen LogP contribution in [0.15, 0.2) is 0 Å². The molecule has 138 valence electrons. The van der Waals surface area contributed by atoms with Crippen molar-refractivity contribution >= 4 is 17.9 Å². The first-order valence-corrected chi connectivity index (χ1v) is 8.20. The van der Waals surface area contributed by atoms with Crippen LogP contribution >= 0.6 is 0 Å². The molecule has 0 aromatic rings. The van der Waals surface area contributed by atoms with Crippen molar-refractivity contribution in [2.75, 3.05) is 33.7 Å².